The molecule has 1 N–H and O–H groups in total. The highest BCUT2D eigenvalue weighted by Gasteiger charge is 2.20. The van der Waals surface area contributed by atoms with Crippen molar-refractivity contribution >= 4 is 34.2 Å². The SMILES string of the molecule is COCc1nn2c(nnc3c(=O)n(NC(=O)COc4ccccc4)ccc32)c1-c1ccc(Cl)cc1. The van der Waals surface area contributed by atoms with Gasteiger partial charge in [-0.25, -0.2) is 9.19 Å². The molecule has 0 unspecified atom stereocenters. The molecule has 35 heavy (non-hydrogen) atoms. The van der Waals surface area contributed by atoms with Crippen LogP contribution >= 0.6 is 11.6 Å². The van der Waals surface area contributed by atoms with E-state index in [4.69, 9.17) is 21.1 Å². The Morgan fingerprint density at radius 1 is 1.06 bits per heavy atom. The van der Waals surface area contributed by atoms with Crippen LogP contribution in [0.2, 0.25) is 5.02 Å². The van der Waals surface area contributed by atoms with Crippen LogP contribution in [0.1, 0.15) is 5.69 Å². The molecular formula is C24H19ClN6O4. The minimum Gasteiger partial charge on any atom is -0.484 e. The number of hydrogen-bond acceptors (Lipinski definition) is 7. The van der Waals surface area contributed by atoms with Gasteiger partial charge in [0.1, 0.15) is 11.3 Å². The topological polar surface area (TPSA) is 113 Å². The van der Waals surface area contributed by atoms with Crippen LogP contribution in [0.5, 0.6) is 5.75 Å². The van der Waals surface area contributed by atoms with E-state index in [2.05, 4.69) is 20.7 Å². The van der Waals surface area contributed by atoms with Gasteiger partial charge in [0.2, 0.25) is 0 Å². The smallest absolute Gasteiger partial charge is 0.299 e. The lowest BCUT2D eigenvalue weighted by Crippen LogP contribution is -2.35. The van der Waals surface area contributed by atoms with E-state index in [-0.39, 0.29) is 18.7 Å². The number of rotatable bonds is 7. The van der Waals surface area contributed by atoms with Crippen LogP contribution in [0, 0.1) is 0 Å². The summed E-state index contributed by atoms with van der Waals surface area (Å²) in [6, 6.07) is 17.8. The van der Waals surface area contributed by atoms with Gasteiger partial charge in [0.15, 0.2) is 17.8 Å². The fourth-order valence-corrected chi connectivity index (χ4v) is 3.79. The number of pyridine rings is 1. The molecule has 0 fully saturated rings. The van der Waals surface area contributed by atoms with Crippen molar-refractivity contribution in [1.82, 2.24) is 24.5 Å². The van der Waals surface area contributed by atoms with E-state index in [0.29, 0.717) is 27.6 Å². The maximum atomic E-state index is 13.0. The maximum Gasteiger partial charge on any atom is 0.299 e. The van der Waals surface area contributed by atoms with E-state index in [9.17, 15) is 9.59 Å². The number of ether oxygens (including phenoxy) is 2. The summed E-state index contributed by atoms with van der Waals surface area (Å²) < 4.78 is 13.3. The zero-order valence-corrected chi connectivity index (χ0v) is 19.3. The van der Waals surface area contributed by atoms with Crippen LogP contribution in [-0.4, -0.2) is 44.1 Å². The third kappa shape index (κ3) is 4.44. The first-order valence-corrected chi connectivity index (χ1v) is 10.9. The van der Waals surface area contributed by atoms with Gasteiger partial charge in [0, 0.05) is 18.3 Å². The third-order valence-electron chi connectivity index (χ3n) is 5.22. The molecule has 5 aromatic rings. The third-order valence-corrected chi connectivity index (χ3v) is 5.48. The normalized spacial score (nSPS) is 11.1. The van der Waals surface area contributed by atoms with E-state index < -0.39 is 11.5 Å². The van der Waals surface area contributed by atoms with Crippen LogP contribution in [0.4, 0.5) is 0 Å². The van der Waals surface area contributed by atoms with Crippen molar-refractivity contribution in [3.8, 4) is 16.9 Å². The van der Waals surface area contributed by atoms with E-state index in [1.54, 1.807) is 54.1 Å². The van der Waals surface area contributed by atoms with Crippen molar-refractivity contribution in [2.75, 3.05) is 19.1 Å². The van der Waals surface area contributed by atoms with E-state index in [0.717, 1.165) is 15.8 Å². The fourth-order valence-electron chi connectivity index (χ4n) is 3.66. The molecule has 5 rings (SSSR count). The molecule has 0 aliphatic heterocycles. The summed E-state index contributed by atoms with van der Waals surface area (Å²) in [5, 5.41) is 13.7. The molecule has 0 saturated heterocycles. The molecule has 0 spiro atoms. The second kappa shape index (κ2) is 9.53. The molecule has 176 valence electrons. The Hall–Kier alpha value is -4.28. The van der Waals surface area contributed by atoms with Gasteiger partial charge < -0.3 is 9.47 Å². The molecule has 0 aliphatic rings. The minimum atomic E-state index is -0.554. The quantitative estimate of drug-likeness (QED) is 0.373. The summed E-state index contributed by atoms with van der Waals surface area (Å²) >= 11 is 6.04. The lowest BCUT2D eigenvalue weighted by Gasteiger charge is -2.10. The maximum absolute atomic E-state index is 13.0. The number of hydrogen-bond donors (Lipinski definition) is 1. The van der Waals surface area contributed by atoms with Crippen LogP contribution in [0.15, 0.2) is 71.7 Å². The largest absolute Gasteiger partial charge is 0.484 e. The zero-order valence-electron chi connectivity index (χ0n) is 18.5. The van der Waals surface area contributed by atoms with Crippen LogP contribution < -0.4 is 15.7 Å². The first-order valence-electron chi connectivity index (χ1n) is 10.6. The average Bonchev–Trinajstić information content (AvgIpc) is 3.24. The first kappa shape index (κ1) is 22.5. The zero-order chi connectivity index (χ0) is 24.4. The number of amides is 1. The molecule has 3 aromatic heterocycles. The number of halogens is 1. The van der Waals surface area contributed by atoms with Crippen LogP contribution in [0.25, 0.3) is 27.8 Å². The number of nitrogens with zero attached hydrogens (tertiary/aromatic N) is 5. The summed E-state index contributed by atoms with van der Waals surface area (Å²) in [6.45, 7) is -0.0272. The second-order valence-electron chi connectivity index (χ2n) is 7.56. The molecule has 10 nitrogen and oxygen atoms in total. The summed E-state index contributed by atoms with van der Waals surface area (Å²) in [5.41, 5.74) is 5.08. The van der Waals surface area contributed by atoms with Gasteiger partial charge in [-0.15, -0.1) is 10.2 Å². The number of para-hydroxylation sites is 1. The van der Waals surface area contributed by atoms with Gasteiger partial charge in [-0.3, -0.25) is 15.0 Å². The fraction of sp³-hybridized carbons (Fsp3) is 0.125. The molecule has 0 atom stereocenters. The highest BCUT2D eigenvalue weighted by atomic mass is 35.5. The standard InChI is InChI=1S/C24H19ClN6O4/c1-34-13-18-21(15-7-9-16(25)10-8-15)23-27-26-22-19(31(23)28-18)11-12-30(24(22)33)29-20(32)14-35-17-5-3-2-4-6-17/h2-12H,13-14H2,1H3,(H,29,32). The molecule has 3 heterocycles. The summed E-state index contributed by atoms with van der Waals surface area (Å²) in [4.78, 5) is 25.3. The minimum absolute atomic E-state index is 0.0402. The van der Waals surface area contributed by atoms with Crippen molar-refractivity contribution in [3.63, 3.8) is 0 Å². The highest BCUT2D eigenvalue weighted by molar-refractivity contribution is 6.30. The number of carbonyl (C=O) groups excluding carboxylic acids is 1. The number of methoxy groups -OCH3 is 1. The van der Waals surface area contributed by atoms with Crippen molar-refractivity contribution in [3.05, 3.63) is 87.9 Å². The average molecular weight is 491 g/mol. The van der Waals surface area contributed by atoms with Gasteiger partial charge in [-0.1, -0.05) is 41.9 Å². The van der Waals surface area contributed by atoms with Gasteiger partial charge in [0.25, 0.3) is 11.5 Å². The Morgan fingerprint density at radius 3 is 2.57 bits per heavy atom. The number of carbonyl (C=O) groups is 1. The number of benzene rings is 2. The number of aromatic nitrogens is 5. The molecule has 0 bridgehead atoms. The summed E-state index contributed by atoms with van der Waals surface area (Å²) in [5.74, 6) is 0.0413. The Labute approximate surface area is 203 Å². The van der Waals surface area contributed by atoms with Gasteiger partial charge in [-0.05, 0) is 35.9 Å². The monoisotopic (exact) mass is 490 g/mol. The predicted octanol–water partition coefficient (Wildman–Crippen LogP) is 3.06. The first-order chi connectivity index (χ1) is 17.0. The lowest BCUT2D eigenvalue weighted by molar-refractivity contribution is -0.119. The molecule has 0 saturated carbocycles. The molecule has 2 aromatic carbocycles. The number of fused-ring (bicyclic) bond motifs is 3. The molecule has 1 amide bonds. The predicted molar refractivity (Wildman–Crippen MR) is 130 cm³/mol. The second-order valence-corrected chi connectivity index (χ2v) is 7.99. The van der Waals surface area contributed by atoms with Crippen molar-refractivity contribution in [2.24, 2.45) is 0 Å². The Balaban J connectivity index is 1.50. The molecule has 0 aliphatic carbocycles. The van der Waals surface area contributed by atoms with E-state index >= 15 is 0 Å². The van der Waals surface area contributed by atoms with Crippen molar-refractivity contribution in [2.45, 2.75) is 6.61 Å². The van der Waals surface area contributed by atoms with Gasteiger partial charge in [-0.2, -0.15) is 5.10 Å². The highest BCUT2D eigenvalue weighted by Crippen LogP contribution is 2.30. The Kier molecular flexibility index (Phi) is 6.13. The molecular weight excluding hydrogens is 472 g/mol. The summed E-state index contributed by atoms with van der Waals surface area (Å²) in [7, 11) is 1.57. The Morgan fingerprint density at radius 2 is 1.83 bits per heavy atom. The van der Waals surface area contributed by atoms with Crippen LogP contribution in [0.3, 0.4) is 0 Å². The van der Waals surface area contributed by atoms with E-state index in [1.807, 2.05) is 18.2 Å². The van der Waals surface area contributed by atoms with Crippen molar-refractivity contribution in [1.29, 1.82) is 0 Å². The van der Waals surface area contributed by atoms with Gasteiger partial charge in [0.05, 0.1) is 17.9 Å². The van der Waals surface area contributed by atoms with Gasteiger partial charge >= 0.3 is 0 Å². The lowest BCUT2D eigenvalue weighted by atomic mass is 10.1. The summed E-state index contributed by atoms with van der Waals surface area (Å²) in [6.07, 6.45) is 1.44. The van der Waals surface area contributed by atoms with E-state index in [1.165, 1.54) is 6.20 Å². The van der Waals surface area contributed by atoms with Crippen molar-refractivity contribution < 1.29 is 14.3 Å². The van der Waals surface area contributed by atoms with Crippen LogP contribution in [-0.2, 0) is 16.1 Å². The molecule has 11 heteroatoms. The molecule has 0 radical (unpaired) electrons. The Bertz CT molecular complexity index is 1580. The number of nitrogens with one attached hydrogen (secondary N) is 1.